The normalized spacial score (nSPS) is 11.6. The molecule has 1 amide bonds. The van der Waals surface area contributed by atoms with Gasteiger partial charge in [-0.2, -0.15) is 0 Å². The first kappa shape index (κ1) is 19.0. The van der Waals surface area contributed by atoms with E-state index in [2.05, 4.69) is 26.3 Å². The summed E-state index contributed by atoms with van der Waals surface area (Å²) < 4.78 is 13.0. The number of carbonyl (C=O) groups excluding carboxylic acids is 1. The van der Waals surface area contributed by atoms with Gasteiger partial charge in [0, 0.05) is 19.7 Å². The summed E-state index contributed by atoms with van der Waals surface area (Å²) in [7, 11) is 1.62. The summed E-state index contributed by atoms with van der Waals surface area (Å²) in [6.45, 7) is 8.34. The molecule has 0 aliphatic rings. The van der Waals surface area contributed by atoms with Crippen LogP contribution in [-0.4, -0.2) is 41.9 Å². The van der Waals surface area contributed by atoms with Crippen LogP contribution in [0.1, 0.15) is 25.8 Å². The monoisotopic (exact) mass is 415 g/mol. The Morgan fingerprint density at radius 3 is 2.79 bits per heavy atom. The number of halogens is 1. The number of nitrogens with zero attached hydrogens (tertiary/aromatic N) is 2. The Hall–Kier alpha value is -1.38. The molecule has 0 radical (unpaired) electrons. The van der Waals surface area contributed by atoms with E-state index in [0.717, 1.165) is 25.4 Å². The fourth-order valence-corrected chi connectivity index (χ4v) is 3.38. The molecule has 24 heavy (non-hydrogen) atoms. The zero-order valence-electron chi connectivity index (χ0n) is 14.5. The number of aromatic nitrogens is 1. The highest BCUT2D eigenvalue weighted by molar-refractivity contribution is 9.10. The first-order chi connectivity index (χ1) is 11.2. The van der Waals surface area contributed by atoms with E-state index in [9.17, 15) is 4.79 Å². The van der Waals surface area contributed by atoms with Crippen LogP contribution in [0, 0.1) is 6.92 Å². The second-order valence-corrected chi connectivity index (χ2v) is 8.37. The van der Waals surface area contributed by atoms with Gasteiger partial charge in [-0.05, 0) is 49.7 Å². The molecule has 132 valence electrons. The smallest absolute Gasteiger partial charge is 0.424 e. The maximum atomic E-state index is 11.8. The summed E-state index contributed by atoms with van der Waals surface area (Å²) in [4.78, 5) is 16.3. The van der Waals surface area contributed by atoms with Gasteiger partial charge in [-0.25, -0.2) is 20.2 Å². The number of amides is 1. The maximum Gasteiger partial charge on any atom is 0.424 e. The molecule has 1 N–H and O–H groups in total. The van der Waals surface area contributed by atoms with Crippen molar-refractivity contribution in [3.8, 4) is 5.75 Å². The Morgan fingerprint density at radius 1 is 1.42 bits per heavy atom. The second-order valence-electron chi connectivity index (χ2n) is 6.28. The lowest BCUT2D eigenvalue weighted by Gasteiger charge is -2.25. The number of hydrogen-bond donors (Lipinski definition) is 1. The van der Waals surface area contributed by atoms with Crippen LogP contribution < -0.4 is 10.2 Å². The predicted molar refractivity (Wildman–Crippen MR) is 99.6 cm³/mol. The van der Waals surface area contributed by atoms with Gasteiger partial charge in [-0.3, -0.25) is 0 Å². The zero-order valence-corrected chi connectivity index (χ0v) is 16.9. The van der Waals surface area contributed by atoms with Crippen molar-refractivity contribution < 1.29 is 14.3 Å². The molecule has 2 aromatic rings. The van der Waals surface area contributed by atoms with Crippen molar-refractivity contribution in [3.05, 3.63) is 21.6 Å². The molecule has 0 aliphatic carbocycles. The molecule has 1 aromatic heterocycles. The van der Waals surface area contributed by atoms with Gasteiger partial charge in [-0.1, -0.05) is 0 Å². The first-order valence-corrected chi connectivity index (χ1v) is 9.16. The summed E-state index contributed by atoms with van der Waals surface area (Å²) in [5, 5.41) is 2.34. The largest absolute Gasteiger partial charge is 0.491 e. The van der Waals surface area contributed by atoms with E-state index >= 15 is 0 Å². The summed E-state index contributed by atoms with van der Waals surface area (Å²) in [5.74, 6) is 0.731. The van der Waals surface area contributed by atoms with Crippen molar-refractivity contribution in [1.82, 2.24) is 15.4 Å². The van der Waals surface area contributed by atoms with E-state index < -0.39 is 11.7 Å². The Balaban J connectivity index is 1.84. The molecular formula is C16H22BrN3O3S. The van der Waals surface area contributed by atoms with E-state index in [4.69, 9.17) is 9.47 Å². The number of aryl methyl sites for hydroxylation is 1. The molecule has 8 heteroatoms. The van der Waals surface area contributed by atoms with E-state index in [1.165, 1.54) is 5.01 Å². The number of fused-ring (bicyclic) bond motifs is 1. The van der Waals surface area contributed by atoms with Gasteiger partial charge in [0.2, 0.25) is 0 Å². The van der Waals surface area contributed by atoms with Gasteiger partial charge in [0.25, 0.3) is 0 Å². The minimum atomic E-state index is -0.518. The summed E-state index contributed by atoms with van der Waals surface area (Å²) in [5.41, 5.74) is 3.35. The van der Waals surface area contributed by atoms with Gasteiger partial charge < -0.3 is 9.47 Å². The number of hydrazine groups is 1. The lowest BCUT2D eigenvalue weighted by molar-refractivity contribution is 0.0195. The van der Waals surface area contributed by atoms with Gasteiger partial charge in [0.1, 0.15) is 18.0 Å². The minimum Gasteiger partial charge on any atom is -0.491 e. The van der Waals surface area contributed by atoms with E-state index in [-0.39, 0.29) is 0 Å². The van der Waals surface area contributed by atoms with Crippen molar-refractivity contribution in [1.29, 1.82) is 0 Å². The fraction of sp³-hybridized carbons (Fsp3) is 0.500. The summed E-state index contributed by atoms with van der Waals surface area (Å²) >= 11 is 5.16. The predicted octanol–water partition coefficient (Wildman–Crippen LogP) is 4.12. The minimum absolute atomic E-state index is 0.403. The number of thiazole rings is 1. The number of benzene rings is 1. The van der Waals surface area contributed by atoms with Gasteiger partial charge in [-0.15, -0.1) is 11.3 Å². The van der Waals surface area contributed by atoms with E-state index in [1.54, 1.807) is 18.4 Å². The second kappa shape index (κ2) is 7.67. The van der Waals surface area contributed by atoms with Crippen molar-refractivity contribution in [2.45, 2.75) is 33.3 Å². The number of nitrogens with one attached hydrogen (secondary N) is 1. The number of hydrogen-bond acceptors (Lipinski definition) is 6. The molecule has 0 saturated heterocycles. The lowest BCUT2D eigenvalue weighted by Crippen LogP contribution is -2.44. The molecule has 6 nitrogen and oxygen atoms in total. The fourth-order valence-electron chi connectivity index (χ4n) is 1.93. The third kappa shape index (κ3) is 5.32. The van der Waals surface area contributed by atoms with Crippen LogP contribution in [0.25, 0.3) is 10.2 Å². The van der Waals surface area contributed by atoms with Crippen LogP contribution in [0.5, 0.6) is 5.75 Å². The average molecular weight is 416 g/mol. The quantitative estimate of drug-likeness (QED) is 0.587. The summed E-state index contributed by atoms with van der Waals surface area (Å²) in [6.07, 6.45) is -0.428. The topological polar surface area (TPSA) is 63.7 Å². The van der Waals surface area contributed by atoms with Gasteiger partial charge >= 0.3 is 6.09 Å². The van der Waals surface area contributed by atoms with Crippen LogP contribution in [0.15, 0.2) is 16.6 Å². The van der Waals surface area contributed by atoms with Crippen molar-refractivity contribution >= 4 is 43.6 Å². The SMILES string of the molecule is Cc1nc2cc(OCCNN(C)C(=O)OC(C)(C)C)c(Br)cc2s1. The summed E-state index contributed by atoms with van der Waals surface area (Å²) in [6, 6.07) is 3.93. The molecule has 0 aliphatic heterocycles. The zero-order chi connectivity index (χ0) is 17.9. The molecule has 0 fully saturated rings. The highest BCUT2D eigenvalue weighted by atomic mass is 79.9. The Morgan fingerprint density at radius 2 is 2.12 bits per heavy atom. The number of carbonyl (C=O) groups is 1. The van der Waals surface area contributed by atoms with E-state index in [0.29, 0.717) is 13.2 Å². The maximum absolute atomic E-state index is 11.8. The number of ether oxygens (including phenoxy) is 2. The van der Waals surface area contributed by atoms with Gasteiger partial charge in [0.05, 0.1) is 19.7 Å². The highest BCUT2D eigenvalue weighted by Gasteiger charge is 2.19. The Kier molecular flexibility index (Phi) is 6.06. The van der Waals surface area contributed by atoms with Crippen LogP contribution in [0.3, 0.4) is 0 Å². The highest BCUT2D eigenvalue weighted by Crippen LogP contribution is 2.32. The van der Waals surface area contributed by atoms with Crippen molar-refractivity contribution in [3.63, 3.8) is 0 Å². The molecule has 0 atom stereocenters. The first-order valence-electron chi connectivity index (χ1n) is 7.55. The van der Waals surface area contributed by atoms with Crippen LogP contribution in [-0.2, 0) is 4.74 Å². The van der Waals surface area contributed by atoms with Gasteiger partial charge in [0.15, 0.2) is 0 Å². The molecule has 0 bridgehead atoms. The molecule has 0 spiro atoms. The lowest BCUT2D eigenvalue weighted by atomic mass is 10.2. The standard InChI is InChI=1S/C16H22BrN3O3S/c1-10-19-12-9-13(11(17)8-14(12)24-10)22-7-6-18-20(5)15(21)23-16(2,3)4/h8-9,18H,6-7H2,1-5H3. The third-order valence-electron chi connectivity index (χ3n) is 2.92. The molecule has 0 unspecified atom stereocenters. The Labute approximate surface area is 154 Å². The van der Waals surface area contributed by atoms with Crippen molar-refractivity contribution in [2.75, 3.05) is 20.2 Å². The molecule has 2 rings (SSSR count). The van der Waals surface area contributed by atoms with Crippen LogP contribution in [0.4, 0.5) is 4.79 Å². The Bertz CT molecular complexity index is 727. The molecular weight excluding hydrogens is 394 g/mol. The van der Waals surface area contributed by atoms with Crippen molar-refractivity contribution in [2.24, 2.45) is 0 Å². The molecule has 1 aromatic carbocycles. The number of rotatable bonds is 5. The third-order valence-corrected chi connectivity index (χ3v) is 4.48. The van der Waals surface area contributed by atoms with E-state index in [1.807, 2.05) is 39.8 Å². The van der Waals surface area contributed by atoms with Crippen LogP contribution >= 0.6 is 27.3 Å². The van der Waals surface area contributed by atoms with Crippen LogP contribution in [0.2, 0.25) is 0 Å². The average Bonchev–Trinajstić information content (AvgIpc) is 2.80. The molecule has 1 heterocycles. The molecule has 0 saturated carbocycles.